The van der Waals surface area contributed by atoms with Gasteiger partial charge in [0.05, 0.1) is 31.7 Å². The Morgan fingerprint density at radius 1 is 0.580 bits per heavy atom. The van der Waals surface area contributed by atoms with E-state index >= 15 is 0 Å². The number of aliphatic hydroxyl groups excluding tert-OH is 2. The number of nitrogens with two attached hydrogens (primary N) is 1. The van der Waals surface area contributed by atoms with Crippen molar-refractivity contribution in [3.05, 3.63) is 70.3 Å². The number of carbonyl (C=O) groups excluding carboxylic acids is 12. The number of phenols is 2. The lowest BCUT2D eigenvalue weighted by Crippen LogP contribution is -2.61. The maximum absolute atomic E-state index is 14.2. The van der Waals surface area contributed by atoms with Crippen molar-refractivity contribution in [1.82, 2.24) is 57.9 Å². The van der Waals surface area contributed by atoms with Crippen LogP contribution in [0.5, 0.6) is 11.5 Å². The van der Waals surface area contributed by atoms with Gasteiger partial charge in [0.15, 0.2) is 5.57 Å². The summed E-state index contributed by atoms with van der Waals surface area (Å²) in [4.78, 5) is 178. The van der Waals surface area contributed by atoms with Crippen LogP contribution >= 0.6 is 37.2 Å². The van der Waals surface area contributed by atoms with Crippen LogP contribution in [-0.2, 0) is 84.6 Å². The number of thiol groups is 2. The van der Waals surface area contributed by atoms with E-state index < -0.39 is 185 Å². The van der Waals surface area contributed by atoms with E-state index in [0.29, 0.717) is 17.5 Å². The van der Waals surface area contributed by atoms with Gasteiger partial charge < -0.3 is 93.9 Å². The summed E-state index contributed by atoms with van der Waals surface area (Å²) in [7, 11) is 0. The maximum atomic E-state index is 14.2. The van der Waals surface area contributed by atoms with Gasteiger partial charge in [-0.3, -0.25) is 52.7 Å². The molecule has 0 bridgehead atoms. The first-order chi connectivity index (χ1) is 41.4. The molecule has 2 unspecified atom stereocenters. The van der Waals surface area contributed by atoms with Crippen molar-refractivity contribution in [3.8, 4) is 11.5 Å². The lowest BCUT2D eigenvalue weighted by atomic mass is 10.0. The van der Waals surface area contributed by atoms with Crippen molar-refractivity contribution in [2.45, 2.75) is 133 Å². The van der Waals surface area contributed by atoms with Gasteiger partial charge in [-0.25, -0.2) is 14.3 Å². The van der Waals surface area contributed by atoms with Crippen LogP contribution in [0.15, 0.2) is 59.1 Å². The van der Waals surface area contributed by atoms with Crippen molar-refractivity contribution < 1.29 is 97.3 Å². The second-order valence-electron chi connectivity index (χ2n) is 20.4. The van der Waals surface area contributed by atoms with E-state index in [1.807, 2.05) is 0 Å². The molecule has 4 rings (SSSR count). The number of esters is 2. The van der Waals surface area contributed by atoms with Gasteiger partial charge in [-0.1, -0.05) is 24.3 Å². The van der Waals surface area contributed by atoms with Gasteiger partial charge in [0.25, 0.3) is 5.79 Å². The summed E-state index contributed by atoms with van der Waals surface area (Å²) in [5.74, 6) is -18.9. The highest BCUT2D eigenvalue weighted by atomic mass is 32.2. The minimum absolute atomic E-state index is 0.136. The minimum Gasteiger partial charge on any atom is -0.508 e. The predicted octanol–water partition coefficient (Wildman–Crippen LogP) is -5.48. The van der Waals surface area contributed by atoms with Gasteiger partial charge in [-0.15, -0.1) is 0 Å². The van der Waals surface area contributed by atoms with Gasteiger partial charge in [-0.2, -0.15) is 25.3 Å². The molecule has 2 aromatic carbocycles. The number of carboxylic acids is 1. The van der Waals surface area contributed by atoms with Crippen LogP contribution in [-0.4, -0.2) is 200 Å². The molecule has 10 atom stereocenters. The van der Waals surface area contributed by atoms with E-state index in [4.69, 9.17) is 15.2 Å². The number of aliphatic carboxylic acids is 1. The first-order valence-corrected chi connectivity index (χ1v) is 29.2. The fourth-order valence-corrected chi connectivity index (χ4v) is 9.64. The number of carboxylic acid groups (broad SMARTS) is 1. The molecule has 2 saturated heterocycles. The summed E-state index contributed by atoms with van der Waals surface area (Å²) < 4.78 is 12.9. The monoisotopic (exact) mass is 1290 g/mol. The summed E-state index contributed by atoms with van der Waals surface area (Å²) >= 11 is 8.47. The molecule has 10 amide bonds. The van der Waals surface area contributed by atoms with E-state index in [1.54, 1.807) is 0 Å². The number of cyclic esters (lactones) is 2. The summed E-state index contributed by atoms with van der Waals surface area (Å²) in [6, 6.07) is -3.15. The van der Waals surface area contributed by atoms with Gasteiger partial charge in [0.1, 0.15) is 64.9 Å². The Morgan fingerprint density at radius 2 is 1.01 bits per heavy atom. The van der Waals surface area contributed by atoms with Crippen molar-refractivity contribution in [2.75, 3.05) is 31.1 Å². The number of ether oxygens (including phenoxy) is 2. The zero-order valence-corrected chi connectivity index (χ0v) is 50.5. The molecule has 0 saturated carbocycles. The fourth-order valence-electron chi connectivity index (χ4n) is 8.15. The largest absolute Gasteiger partial charge is 0.508 e. The topological polar surface area (TPSA) is 500 Å². The molecular formula is C53H72N12O20S3. The highest BCUT2D eigenvalue weighted by Crippen LogP contribution is 2.28. The number of phenolic OH excluding ortho intramolecular Hbond substituents is 2. The second kappa shape index (κ2) is 34.4. The molecule has 2 aliphatic rings. The normalized spacial score (nSPS) is 24.8. The molecule has 0 spiro atoms. The van der Waals surface area contributed by atoms with E-state index in [2.05, 4.69) is 83.1 Å². The number of unbranched alkanes of at least 4 members (excludes halogenated alkanes) is 1. The van der Waals surface area contributed by atoms with Crippen LogP contribution in [0.25, 0.3) is 0 Å². The third-order valence-corrected chi connectivity index (χ3v) is 14.4. The summed E-state index contributed by atoms with van der Waals surface area (Å²) in [5.41, 5.74) is 5.38. The Morgan fingerprint density at radius 3 is 1.50 bits per heavy atom. The fraction of sp³-hybridized carbons (Fsp3) is 0.491. The number of amides is 10. The molecule has 88 heavy (non-hydrogen) atoms. The smallest absolute Gasteiger partial charge is 0.351 e. The quantitative estimate of drug-likeness (QED) is 0.0210. The molecule has 0 radical (unpaired) electrons. The van der Waals surface area contributed by atoms with Crippen LogP contribution in [0.3, 0.4) is 0 Å². The SMILES string of the molecule is C[C@@H](O)C1NC(=O)[C@H](Cc2ccc(O)cc2)NC(=O)CNC(=O)[C@H]([C@@H](C)O)NSC(=C2C(=O)OC(C)(C)OC2=O)NC(=O)[C@H](CS)NC(=O)C(CS)NC(=O)[C@H](CC(=O)O)NC(=O)[C@H](CCCCN)NC(=O)CNC(=O)[C@H](Cc2ccc(O)cc2)NC1=O. The molecule has 2 aliphatic heterocycles. The van der Waals surface area contributed by atoms with Crippen molar-refractivity contribution in [2.24, 2.45) is 5.73 Å². The van der Waals surface area contributed by atoms with Crippen molar-refractivity contribution in [1.29, 1.82) is 0 Å². The lowest BCUT2D eigenvalue weighted by molar-refractivity contribution is -0.222. The zero-order valence-electron chi connectivity index (χ0n) is 47.9. The van der Waals surface area contributed by atoms with Gasteiger partial charge in [0, 0.05) is 38.2 Å². The lowest BCUT2D eigenvalue weighted by Gasteiger charge is -2.31. The van der Waals surface area contributed by atoms with E-state index in [-0.39, 0.29) is 55.7 Å². The number of benzene rings is 2. The summed E-state index contributed by atoms with van der Waals surface area (Å²) in [5, 5.41) is 74.0. The van der Waals surface area contributed by atoms with Gasteiger partial charge >= 0.3 is 17.9 Å². The molecule has 2 heterocycles. The van der Waals surface area contributed by atoms with Crippen LogP contribution < -0.4 is 63.6 Å². The number of aliphatic hydroxyl groups is 2. The Kier molecular flexibility index (Phi) is 28.2. The zero-order chi connectivity index (χ0) is 65.6. The molecule has 32 nitrogen and oxygen atoms in total. The first-order valence-electron chi connectivity index (χ1n) is 27.1. The average Bonchev–Trinajstić information content (AvgIpc) is 3.58. The number of hydrogen-bond donors (Lipinski definition) is 19. The number of aromatic hydroxyl groups is 2. The van der Waals surface area contributed by atoms with Gasteiger partial charge in [-0.05, 0) is 87.0 Å². The van der Waals surface area contributed by atoms with E-state index in [1.165, 1.54) is 62.4 Å². The van der Waals surface area contributed by atoms with E-state index in [0.717, 1.165) is 13.8 Å². The molecule has 35 heteroatoms. The van der Waals surface area contributed by atoms with Crippen molar-refractivity contribution in [3.63, 3.8) is 0 Å². The molecule has 18 N–H and O–H groups in total. The third kappa shape index (κ3) is 22.8. The Hall–Kier alpha value is -8.22. The van der Waals surface area contributed by atoms with Crippen LogP contribution in [0.4, 0.5) is 0 Å². The van der Waals surface area contributed by atoms with Gasteiger partial charge in [0.2, 0.25) is 59.1 Å². The van der Waals surface area contributed by atoms with Crippen LogP contribution in [0.2, 0.25) is 0 Å². The Labute approximate surface area is 518 Å². The molecule has 0 aliphatic carbocycles. The highest BCUT2D eigenvalue weighted by molar-refractivity contribution is 8.01. The number of rotatable bonds is 14. The molecule has 482 valence electrons. The molecule has 2 aromatic rings. The highest BCUT2D eigenvalue weighted by Gasteiger charge is 2.43. The standard InChI is InChI=1S/C53H72N12O20S3/c1-24(66)40-49(81)60-31(17-26-8-12-28(68)13-9-26)42(74)55-20-36(70)57-30(7-5-6-16-54)43(75)59-33(19-38(72)73)44(76)61-34(22-86)46(78)62-35(23-87)47(79)64-50(39-51(82)84-53(3,4)85-52(39)83)88-65-41(25(2)67)48(80)56-21-37(71)58-32(45(77)63-40)18-27-10-14-29(69)15-11-27/h8-15,24-25,30-35,40-41,65-69,86-87H,5-7,16-23,54H2,1-4H3,(H,55,74)(H,56,80)(H,57,70)(H,58,71)(H,59,75)(H,60,81)(H,61,76)(H,62,78)(H,63,77)(H,64,79)(H,72,73)/t24-,25-,30+,31+,32+,33+,34?,35+,40?,41+/m1/s1. The number of carbonyl (C=O) groups is 13. The second-order valence-corrected chi connectivity index (χ2v) is 22.0. The number of nitrogens with one attached hydrogen (secondary N) is 11. The van der Waals surface area contributed by atoms with Crippen LogP contribution in [0, 0.1) is 0 Å². The Balaban J connectivity index is 1.81. The average molecular weight is 1290 g/mol. The minimum atomic E-state index is -1.95. The summed E-state index contributed by atoms with van der Waals surface area (Å²) in [6.45, 7) is 2.97. The number of hydrogen-bond acceptors (Lipinski definition) is 24. The molecule has 2 fully saturated rings. The predicted molar refractivity (Wildman–Crippen MR) is 315 cm³/mol. The molecular weight excluding hydrogens is 1220 g/mol. The van der Waals surface area contributed by atoms with Crippen LogP contribution in [0.1, 0.15) is 64.5 Å². The maximum Gasteiger partial charge on any atom is 0.351 e. The van der Waals surface area contributed by atoms with Crippen molar-refractivity contribution >= 4 is 114 Å². The first kappa shape index (κ1) is 72.3. The third-order valence-electron chi connectivity index (χ3n) is 12.8. The molecule has 0 aromatic heterocycles. The summed E-state index contributed by atoms with van der Waals surface area (Å²) in [6.07, 6.45) is -4.85. The van der Waals surface area contributed by atoms with E-state index in [9.17, 15) is 87.9 Å². The Bertz CT molecular complexity index is 2910.